The Bertz CT molecular complexity index is 447. The van der Waals surface area contributed by atoms with Gasteiger partial charge in [0.05, 0.1) is 26.9 Å². The minimum Gasteiger partial charge on any atom is -0.497 e. The van der Waals surface area contributed by atoms with E-state index in [9.17, 15) is 4.79 Å². The molecule has 1 aromatic rings. The molecule has 1 N–H and O–H groups in total. The fourth-order valence-electron chi connectivity index (χ4n) is 1.86. The van der Waals surface area contributed by atoms with E-state index in [1.807, 2.05) is 24.3 Å². The van der Waals surface area contributed by atoms with Gasteiger partial charge >= 0.3 is 0 Å². The molecule has 0 saturated carbocycles. The molecule has 1 amide bonds. The Balaban J connectivity index is 2.01. The summed E-state index contributed by atoms with van der Waals surface area (Å²) in [7, 11) is 4.72. The van der Waals surface area contributed by atoms with Gasteiger partial charge in [-0.2, -0.15) is 0 Å². The van der Waals surface area contributed by atoms with Crippen molar-refractivity contribution in [2.45, 2.75) is 19.1 Å². The van der Waals surface area contributed by atoms with Crippen LogP contribution in [0.4, 0.5) is 0 Å². The van der Waals surface area contributed by atoms with Gasteiger partial charge in [-0.3, -0.25) is 4.79 Å². The third kappa shape index (κ3) is 8.71. The maximum absolute atomic E-state index is 11.7. The molecule has 7 nitrogen and oxygen atoms in total. The highest BCUT2D eigenvalue weighted by Crippen LogP contribution is 2.17. The normalized spacial score (nSPS) is 10.7. The molecule has 0 spiro atoms. The van der Waals surface area contributed by atoms with Crippen LogP contribution in [0.1, 0.15) is 12.8 Å². The largest absolute Gasteiger partial charge is 0.497 e. The molecule has 0 saturated heterocycles. The van der Waals surface area contributed by atoms with Crippen molar-refractivity contribution in [3.05, 3.63) is 24.3 Å². The first-order chi connectivity index (χ1) is 11.7. The Kier molecular flexibility index (Phi) is 10.6. The van der Waals surface area contributed by atoms with E-state index >= 15 is 0 Å². The molecular formula is C17H27NO6. The summed E-state index contributed by atoms with van der Waals surface area (Å²) in [6.45, 7) is 1.69. The third-order valence-electron chi connectivity index (χ3n) is 3.22. The quantitative estimate of drug-likeness (QED) is 0.434. The van der Waals surface area contributed by atoms with Gasteiger partial charge in [0.1, 0.15) is 11.5 Å². The van der Waals surface area contributed by atoms with E-state index in [1.165, 1.54) is 0 Å². The van der Waals surface area contributed by atoms with Gasteiger partial charge in [0.25, 0.3) is 0 Å². The van der Waals surface area contributed by atoms with Crippen LogP contribution >= 0.6 is 0 Å². The number of carbonyl (C=O) groups excluding carboxylic acids is 1. The van der Waals surface area contributed by atoms with Crippen LogP contribution in [0, 0.1) is 0 Å². The lowest BCUT2D eigenvalue weighted by atomic mass is 10.3. The third-order valence-corrected chi connectivity index (χ3v) is 3.22. The predicted molar refractivity (Wildman–Crippen MR) is 89.4 cm³/mol. The number of carbonyl (C=O) groups is 1. The van der Waals surface area contributed by atoms with Crippen molar-refractivity contribution >= 4 is 5.91 Å². The van der Waals surface area contributed by atoms with E-state index in [2.05, 4.69) is 5.32 Å². The Labute approximate surface area is 143 Å². The van der Waals surface area contributed by atoms with E-state index < -0.39 is 0 Å². The summed E-state index contributed by atoms with van der Waals surface area (Å²) in [6, 6.07) is 7.34. The highest BCUT2D eigenvalue weighted by Gasteiger charge is 2.05. The molecule has 136 valence electrons. The fourth-order valence-corrected chi connectivity index (χ4v) is 1.86. The van der Waals surface area contributed by atoms with Crippen molar-refractivity contribution < 1.29 is 28.5 Å². The SMILES string of the molecule is COc1ccc(OCCCC(=O)NCCOCC(OC)OC)cc1. The molecule has 0 radical (unpaired) electrons. The summed E-state index contributed by atoms with van der Waals surface area (Å²) in [5.74, 6) is 1.52. The zero-order chi connectivity index (χ0) is 17.6. The zero-order valence-electron chi connectivity index (χ0n) is 14.6. The molecule has 0 aliphatic heterocycles. The molecule has 0 fully saturated rings. The first-order valence-corrected chi connectivity index (χ1v) is 7.86. The van der Waals surface area contributed by atoms with Crippen LogP contribution in [-0.2, 0) is 19.0 Å². The van der Waals surface area contributed by atoms with Gasteiger partial charge < -0.3 is 29.0 Å². The predicted octanol–water partition coefficient (Wildman–Crippen LogP) is 1.61. The van der Waals surface area contributed by atoms with Crippen molar-refractivity contribution in [3.8, 4) is 11.5 Å². The number of nitrogens with one attached hydrogen (secondary N) is 1. The molecule has 0 unspecified atom stereocenters. The van der Waals surface area contributed by atoms with Gasteiger partial charge in [-0.15, -0.1) is 0 Å². The number of methoxy groups -OCH3 is 3. The molecular weight excluding hydrogens is 314 g/mol. The molecule has 0 aromatic heterocycles. The van der Waals surface area contributed by atoms with Crippen molar-refractivity contribution in [3.63, 3.8) is 0 Å². The molecule has 7 heteroatoms. The van der Waals surface area contributed by atoms with Crippen LogP contribution in [0.2, 0.25) is 0 Å². The van der Waals surface area contributed by atoms with Gasteiger partial charge in [0.2, 0.25) is 5.91 Å². The molecule has 24 heavy (non-hydrogen) atoms. The first-order valence-electron chi connectivity index (χ1n) is 7.86. The second kappa shape index (κ2) is 12.6. The highest BCUT2D eigenvalue weighted by molar-refractivity contribution is 5.75. The average molecular weight is 341 g/mol. The van der Waals surface area contributed by atoms with E-state index in [1.54, 1.807) is 21.3 Å². The van der Waals surface area contributed by atoms with E-state index in [0.29, 0.717) is 39.2 Å². The molecule has 0 atom stereocenters. The van der Waals surface area contributed by atoms with Gasteiger partial charge in [-0.25, -0.2) is 0 Å². The van der Waals surface area contributed by atoms with Gasteiger partial charge in [0.15, 0.2) is 6.29 Å². The Morgan fingerprint density at radius 2 is 1.71 bits per heavy atom. The monoisotopic (exact) mass is 341 g/mol. The van der Waals surface area contributed by atoms with E-state index in [0.717, 1.165) is 11.5 Å². The zero-order valence-corrected chi connectivity index (χ0v) is 14.6. The second-order valence-electron chi connectivity index (χ2n) is 4.95. The lowest BCUT2D eigenvalue weighted by Gasteiger charge is -2.13. The Morgan fingerprint density at radius 3 is 2.33 bits per heavy atom. The maximum atomic E-state index is 11.7. The van der Waals surface area contributed by atoms with Crippen LogP contribution in [0.3, 0.4) is 0 Å². The summed E-state index contributed by atoms with van der Waals surface area (Å²) >= 11 is 0. The van der Waals surface area contributed by atoms with Crippen molar-refractivity contribution in [2.24, 2.45) is 0 Å². The number of hydrogen-bond donors (Lipinski definition) is 1. The molecule has 0 aliphatic rings. The Hall–Kier alpha value is -1.83. The maximum Gasteiger partial charge on any atom is 0.220 e. The van der Waals surface area contributed by atoms with E-state index in [4.69, 9.17) is 23.7 Å². The number of amides is 1. The molecule has 0 heterocycles. The fraction of sp³-hybridized carbons (Fsp3) is 0.588. The lowest BCUT2D eigenvalue weighted by molar-refractivity contribution is -0.140. The van der Waals surface area contributed by atoms with E-state index in [-0.39, 0.29) is 12.2 Å². The smallest absolute Gasteiger partial charge is 0.220 e. The first kappa shape index (κ1) is 20.2. The van der Waals surface area contributed by atoms with Crippen LogP contribution in [0.25, 0.3) is 0 Å². The lowest BCUT2D eigenvalue weighted by Crippen LogP contribution is -2.29. The van der Waals surface area contributed by atoms with Gasteiger partial charge in [-0.05, 0) is 30.7 Å². The molecule has 1 aromatic carbocycles. The van der Waals surface area contributed by atoms with Crippen LogP contribution in [0.15, 0.2) is 24.3 Å². The summed E-state index contributed by atoms with van der Waals surface area (Å²) in [5, 5.41) is 2.79. The standard InChI is InChI=1S/C17H27NO6/c1-20-14-6-8-15(9-7-14)24-11-4-5-16(19)18-10-12-23-13-17(21-2)22-3/h6-9,17H,4-5,10-13H2,1-3H3,(H,18,19). The van der Waals surface area contributed by atoms with Crippen molar-refractivity contribution in [2.75, 3.05) is 47.7 Å². The van der Waals surface area contributed by atoms with Crippen molar-refractivity contribution in [1.29, 1.82) is 0 Å². The summed E-state index contributed by atoms with van der Waals surface area (Å²) in [4.78, 5) is 11.7. The Morgan fingerprint density at radius 1 is 1.04 bits per heavy atom. The number of hydrogen-bond acceptors (Lipinski definition) is 6. The number of benzene rings is 1. The number of rotatable bonds is 13. The molecule has 1 rings (SSSR count). The topological polar surface area (TPSA) is 75.3 Å². The highest BCUT2D eigenvalue weighted by atomic mass is 16.7. The van der Waals surface area contributed by atoms with Crippen molar-refractivity contribution in [1.82, 2.24) is 5.32 Å². The van der Waals surface area contributed by atoms with Crippen LogP contribution in [0.5, 0.6) is 11.5 Å². The van der Waals surface area contributed by atoms with Gasteiger partial charge in [0, 0.05) is 27.2 Å². The summed E-state index contributed by atoms with van der Waals surface area (Å²) in [6.07, 6.45) is 0.680. The molecule has 0 aliphatic carbocycles. The van der Waals surface area contributed by atoms with Crippen LogP contribution in [-0.4, -0.2) is 59.9 Å². The summed E-state index contributed by atoms with van der Waals surface area (Å²) < 4.78 is 25.9. The average Bonchev–Trinajstić information content (AvgIpc) is 2.62. The second-order valence-corrected chi connectivity index (χ2v) is 4.95. The van der Waals surface area contributed by atoms with Gasteiger partial charge in [-0.1, -0.05) is 0 Å². The van der Waals surface area contributed by atoms with Crippen LogP contribution < -0.4 is 14.8 Å². The minimum absolute atomic E-state index is 0.0213. The molecule has 0 bridgehead atoms. The summed E-state index contributed by atoms with van der Waals surface area (Å²) in [5.41, 5.74) is 0. The minimum atomic E-state index is -0.379. The number of ether oxygens (including phenoxy) is 5.